The van der Waals surface area contributed by atoms with Crippen LogP contribution in [-0.4, -0.2) is 35.7 Å². The van der Waals surface area contributed by atoms with Crippen LogP contribution in [-0.2, 0) is 17.7 Å². The number of para-hydroxylation sites is 1. The zero-order chi connectivity index (χ0) is 18.4. The molecule has 0 aliphatic rings. The molecule has 2 aromatic carbocycles. The number of nitrogens with one attached hydrogen (secondary N) is 1. The Labute approximate surface area is 151 Å². The average Bonchev–Trinajstić information content (AvgIpc) is 2.68. The topological polar surface area (TPSA) is 73.2 Å². The molecule has 1 amide bonds. The molecule has 0 fully saturated rings. The lowest BCUT2D eigenvalue weighted by atomic mass is 10.1. The smallest absolute Gasteiger partial charge is 0.287 e. The van der Waals surface area contributed by atoms with E-state index in [2.05, 4.69) is 10.3 Å². The molecular formula is C20H21N3O3. The number of benzene rings is 2. The van der Waals surface area contributed by atoms with Crippen molar-refractivity contribution in [2.75, 3.05) is 20.3 Å². The third kappa shape index (κ3) is 3.97. The van der Waals surface area contributed by atoms with Crippen molar-refractivity contribution in [2.24, 2.45) is 0 Å². The number of aromatic nitrogens is 2. The fourth-order valence-corrected chi connectivity index (χ4v) is 2.78. The van der Waals surface area contributed by atoms with Gasteiger partial charge in [0.25, 0.3) is 11.5 Å². The SMILES string of the molecule is COCCn1c(C(=O)NCCc2ccccc2)nc2ccccc2c1=O. The van der Waals surface area contributed by atoms with Gasteiger partial charge < -0.3 is 10.1 Å². The highest BCUT2D eigenvalue weighted by Gasteiger charge is 2.17. The third-order valence-corrected chi connectivity index (χ3v) is 4.13. The minimum absolute atomic E-state index is 0.110. The van der Waals surface area contributed by atoms with Crippen LogP contribution in [0.5, 0.6) is 0 Å². The van der Waals surface area contributed by atoms with Crippen molar-refractivity contribution in [3.8, 4) is 0 Å². The predicted octanol–water partition coefficient (Wildman–Crippen LogP) is 2.02. The van der Waals surface area contributed by atoms with Crippen LogP contribution in [0.15, 0.2) is 59.4 Å². The quantitative estimate of drug-likeness (QED) is 0.707. The van der Waals surface area contributed by atoms with Gasteiger partial charge >= 0.3 is 0 Å². The Morgan fingerprint density at radius 3 is 2.62 bits per heavy atom. The van der Waals surface area contributed by atoms with E-state index < -0.39 is 0 Å². The summed E-state index contributed by atoms with van der Waals surface area (Å²) in [7, 11) is 1.55. The van der Waals surface area contributed by atoms with Gasteiger partial charge in [-0.2, -0.15) is 0 Å². The molecule has 1 heterocycles. The van der Waals surface area contributed by atoms with Crippen molar-refractivity contribution in [3.05, 3.63) is 76.3 Å². The van der Waals surface area contributed by atoms with Crippen LogP contribution in [0.25, 0.3) is 10.9 Å². The van der Waals surface area contributed by atoms with Gasteiger partial charge in [0.1, 0.15) is 0 Å². The fraction of sp³-hybridized carbons (Fsp3) is 0.250. The van der Waals surface area contributed by atoms with E-state index in [1.165, 1.54) is 4.57 Å². The van der Waals surface area contributed by atoms with Crippen LogP contribution in [0.4, 0.5) is 0 Å². The highest BCUT2D eigenvalue weighted by molar-refractivity contribution is 5.93. The number of nitrogens with zero attached hydrogens (tertiary/aromatic N) is 2. The van der Waals surface area contributed by atoms with Gasteiger partial charge in [0.2, 0.25) is 5.82 Å². The van der Waals surface area contributed by atoms with Gasteiger partial charge in [0, 0.05) is 13.7 Å². The van der Waals surface area contributed by atoms with E-state index in [1.807, 2.05) is 30.3 Å². The molecule has 6 heteroatoms. The van der Waals surface area contributed by atoms with E-state index in [9.17, 15) is 9.59 Å². The summed E-state index contributed by atoms with van der Waals surface area (Å²) in [6.45, 7) is 1.06. The van der Waals surface area contributed by atoms with Crippen LogP contribution in [0.1, 0.15) is 16.2 Å². The maximum atomic E-state index is 12.7. The minimum Gasteiger partial charge on any atom is -0.383 e. The summed E-state index contributed by atoms with van der Waals surface area (Å²) in [5.41, 5.74) is 1.41. The number of carbonyl (C=O) groups excluding carboxylic acids is 1. The van der Waals surface area contributed by atoms with Gasteiger partial charge in [0.05, 0.1) is 24.1 Å². The lowest BCUT2D eigenvalue weighted by molar-refractivity contribution is 0.0934. The summed E-state index contributed by atoms with van der Waals surface area (Å²) < 4.78 is 6.45. The van der Waals surface area contributed by atoms with Crippen molar-refractivity contribution < 1.29 is 9.53 Å². The molecule has 0 unspecified atom stereocenters. The lowest BCUT2D eigenvalue weighted by Crippen LogP contribution is -2.35. The van der Waals surface area contributed by atoms with E-state index in [0.717, 1.165) is 5.56 Å². The molecule has 1 aromatic heterocycles. The Kier molecular flexibility index (Phi) is 5.76. The molecule has 1 N–H and O–H groups in total. The van der Waals surface area contributed by atoms with E-state index >= 15 is 0 Å². The molecule has 3 rings (SSSR count). The van der Waals surface area contributed by atoms with Gasteiger partial charge in [0.15, 0.2) is 0 Å². The van der Waals surface area contributed by atoms with Gasteiger partial charge in [-0.15, -0.1) is 0 Å². The van der Waals surface area contributed by atoms with Gasteiger partial charge in [-0.3, -0.25) is 14.2 Å². The highest BCUT2D eigenvalue weighted by Crippen LogP contribution is 2.08. The number of amides is 1. The fourth-order valence-electron chi connectivity index (χ4n) is 2.78. The molecule has 0 atom stereocenters. The van der Waals surface area contributed by atoms with Crippen LogP contribution in [0.2, 0.25) is 0 Å². The zero-order valence-electron chi connectivity index (χ0n) is 14.6. The van der Waals surface area contributed by atoms with Crippen molar-refractivity contribution >= 4 is 16.8 Å². The Hall–Kier alpha value is -2.99. The number of carbonyl (C=O) groups is 1. The maximum absolute atomic E-state index is 12.7. The molecule has 0 aliphatic carbocycles. The Balaban J connectivity index is 1.84. The third-order valence-electron chi connectivity index (χ3n) is 4.13. The summed E-state index contributed by atoms with van der Waals surface area (Å²) >= 11 is 0. The van der Waals surface area contributed by atoms with E-state index in [0.29, 0.717) is 30.5 Å². The number of rotatable bonds is 7. The maximum Gasteiger partial charge on any atom is 0.287 e. The molecule has 134 valence electrons. The number of ether oxygens (including phenoxy) is 1. The van der Waals surface area contributed by atoms with Crippen molar-refractivity contribution in [3.63, 3.8) is 0 Å². The van der Waals surface area contributed by atoms with Crippen molar-refractivity contribution in [1.82, 2.24) is 14.9 Å². The Bertz CT molecular complexity index is 951. The molecule has 0 radical (unpaired) electrons. The van der Waals surface area contributed by atoms with Crippen molar-refractivity contribution in [2.45, 2.75) is 13.0 Å². The Morgan fingerprint density at radius 2 is 1.85 bits per heavy atom. The molecule has 6 nitrogen and oxygen atoms in total. The van der Waals surface area contributed by atoms with Crippen molar-refractivity contribution in [1.29, 1.82) is 0 Å². The average molecular weight is 351 g/mol. The molecule has 3 aromatic rings. The summed E-state index contributed by atoms with van der Waals surface area (Å²) in [6, 6.07) is 16.9. The second-order valence-electron chi connectivity index (χ2n) is 5.89. The van der Waals surface area contributed by atoms with Gasteiger partial charge in [-0.05, 0) is 24.1 Å². The molecule has 0 spiro atoms. The molecular weight excluding hydrogens is 330 g/mol. The normalized spacial score (nSPS) is 10.8. The van der Waals surface area contributed by atoms with Crippen LogP contribution >= 0.6 is 0 Å². The number of hydrogen-bond acceptors (Lipinski definition) is 4. The predicted molar refractivity (Wildman–Crippen MR) is 100 cm³/mol. The van der Waals surface area contributed by atoms with E-state index in [4.69, 9.17) is 4.74 Å². The number of methoxy groups -OCH3 is 1. The molecule has 0 bridgehead atoms. The van der Waals surface area contributed by atoms with Crippen LogP contribution < -0.4 is 10.9 Å². The minimum atomic E-state index is -0.361. The van der Waals surface area contributed by atoms with E-state index in [-0.39, 0.29) is 23.8 Å². The summed E-state index contributed by atoms with van der Waals surface area (Å²) in [6.07, 6.45) is 0.711. The first-order chi connectivity index (χ1) is 12.7. The molecule has 26 heavy (non-hydrogen) atoms. The summed E-state index contributed by atoms with van der Waals surface area (Å²) in [5.74, 6) is -0.251. The highest BCUT2D eigenvalue weighted by atomic mass is 16.5. The largest absolute Gasteiger partial charge is 0.383 e. The second kappa shape index (κ2) is 8.40. The van der Waals surface area contributed by atoms with Crippen LogP contribution in [0, 0.1) is 0 Å². The first kappa shape index (κ1) is 17.8. The summed E-state index contributed by atoms with van der Waals surface area (Å²) in [4.78, 5) is 29.8. The molecule has 0 saturated heterocycles. The second-order valence-corrected chi connectivity index (χ2v) is 5.89. The lowest BCUT2D eigenvalue weighted by Gasteiger charge is -2.13. The number of fused-ring (bicyclic) bond motifs is 1. The van der Waals surface area contributed by atoms with Crippen LogP contribution in [0.3, 0.4) is 0 Å². The first-order valence-electron chi connectivity index (χ1n) is 8.51. The van der Waals surface area contributed by atoms with Gasteiger partial charge in [-0.1, -0.05) is 42.5 Å². The molecule has 0 aliphatic heterocycles. The first-order valence-corrected chi connectivity index (χ1v) is 8.51. The summed E-state index contributed by atoms with van der Waals surface area (Å²) in [5, 5.41) is 3.34. The molecule has 0 saturated carbocycles. The standard InChI is InChI=1S/C20H21N3O3/c1-26-14-13-23-18(22-17-10-6-5-9-16(17)20(23)25)19(24)21-12-11-15-7-3-2-4-8-15/h2-10H,11-14H2,1H3,(H,21,24). The monoisotopic (exact) mass is 351 g/mol. The Morgan fingerprint density at radius 1 is 1.12 bits per heavy atom. The zero-order valence-corrected chi connectivity index (χ0v) is 14.6. The van der Waals surface area contributed by atoms with Gasteiger partial charge in [-0.25, -0.2) is 4.98 Å². The number of hydrogen-bond donors (Lipinski definition) is 1. The van der Waals surface area contributed by atoms with E-state index in [1.54, 1.807) is 31.4 Å².